The molecule has 20 heavy (non-hydrogen) atoms. The number of hydrogen-bond acceptors (Lipinski definition) is 3. The third-order valence-corrected chi connectivity index (χ3v) is 4.43. The second kappa shape index (κ2) is 6.59. The van der Waals surface area contributed by atoms with E-state index in [0.717, 1.165) is 23.0 Å². The van der Waals surface area contributed by atoms with Crippen LogP contribution in [-0.2, 0) is 13.1 Å². The summed E-state index contributed by atoms with van der Waals surface area (Å²) in [5.41, 5.74) is 7.10. The van der Waals surface area contributed by atoms with Gasteiger partial charge in [-0.2, -0.15) is 0 Å². The second-order valence-electron chi connectivity index (χ2n) is 4.60. The Morgan fingerprint density at radius 2 is 2.00 bits per heavy atom. The number of hydrogen-bond donors (Lipinski definition) is 2. The van der Waals surface area contributed by atoms with Gasteiger partial charge in [-0.25, -0.2) is 0 Å². The summed E-state index contributed by atoms with van der Waals surface area (Å²) in [6.45, 7) is 1.55. The van der Waals surface area contributed by atoms with Crippen molar-refractivity contribution < 1.29 is 0 Å². The van der Waals surface area contributed by atoms with Gasteiger partial charge in [0.25, 0.3) is 0 Å². The van der Waals surface area contributed by atoms with Crippen molar-refractivity contribution in [3.05, 3.63) is 55.7 Å². The van der Waals surface area contributed by atoms with Crippen LogP contribution in [-0.4, -0.2) is 17.8 Å². The first-order valence-electron chi connectivity index (χ1n) is 6.01. The number of amidine groups is 1. The van der Waals surface area contributed by atoms with Gasteiger partial charge in [0.05, 0.1) is 4.34 Å². The number of nitrogens with one attached hydrogen (secondary N) is 1. The molecule has 0 bridgehead atoms. The van der Waals surface area contributed by atoms with E-state index in [4.69, 9.17) is 34.3 Å². The Bertz CT molecular complexity index is 625. The van der Waals surface area contributed by atoms with Crippen LogP contribution in [0.25, 0.3) is 0 Å². The molecule has 106 valence electrons. The largest absolute Gasteiger partial charge is 0.384 e. The van der Waals surface area contributed by atoms with E-state index in [-0.39, 0.29) is 5.84 Å². The van der Waals surface area contributed by atoms with E-state index in [9.17, 15) is 0 Å². The van der Waals surface area contributed by atoms with Crippen LogP contribution in [0.2, 0.25) is 9.36 Å². The SMILES string of the molecule is CN(Cc1ccc(Cl)s1)Cc1ccc(C(=N)N)cc1Cl. The predicted octanol–water partition coefficient (Wildman–Crippen LogP) is 3.97. The van der Waals surface area contributed by atoms with Crippen LogP contribution in [0.3, 0.4) is 0 Å². The van der Waals surface area contributed by atoms with E-state index in [1.54, 1.807) is 17.4 Å². The fourth-order valence-electron chi connectivity index (χ4n) is 1.89. The minimum atomic E-state index is 0.0278. The Kier molecular flexibility index (Phi) is 5.05. The molecule has 0 aliphatic carbocycles. The molecule has 1 aromatic heterocycles. The van der Waals surface area contributed by atoms with Crippen LogP contribution in [0.15, 0.2) is 30.3 Å². The second-order valence-corrected chi connectivity index (χ2v) is 6.80. The van der Waals surface area contributed by atoms with Gasteiger partial charge >= 0.3 is 0 Å². The number of benzene rings is 1. The summed E-state index contributed by atoms with van der Waals surface area (Å²) >= 11 is 13.7. The van der Waals surface area contributed by atoms with Gasteiger partial charge in [0.2, 0.25) is 0 Å². The molecule has 0 saturated heterocycles. The molecule has 0 unspecified atom stereocenters. The Hall–Kier alpha value is -1.07. The normalized spacial score (nSPS) is 11.0. The molecule has 0 atom stereocenters. The summed E-state index contributed by atoms with van der Waals surface area (Å²) in [6, 6.07) is 9.40. The maximum absolute atomic E-state index is 7.39. The maximum atomic E-state index is 7.39. The minimum Gasteiger partial charge on any atom is -0.384 e. The average Bonchev–Trinajstić information content (AvgIpc) is 2.77. The first kappa shape index (κ1) is 15.3. The third kappa shape index (κ3) is 3.96. The summed E-state index contributed by atoms with van der Waals surface area (Å²) in [5.74, 6) is 0.0278. The predicted molar refractivity (Wildman–Crippen MR) is 87.0 cm³/mol. The molecule has 3 nitrogen and oxygen atoms in total. The highest BCUT2D eigenvalue weighted by Gasteiger charge is 2.08. The standard InChI is InChI=1S/C14H15Cl2N3S/c1-19(8-11-4-5-13(16)20-11)7-10-3-2-9(14(17)18)6-12(10)15/h2-6H,7-8H2,1H3,(H3,17,18). The molecule has 3 N–H and O–H groups in total. The van der Waals surface area contributed by atoms with Crippen LogP contribution in [0.5, 0.6) is 0 Å². The molecule has 0 radical (unpaired) electrons. The molecule has 0 fully saturated rings. The van der Waals surface area contributed by atoms with Crippen molar-refractivity contribution in [2.45, 2.75) is 13.1 Å². The summed E-state index contributed by atoms with van der Waals surface area (Å²) in [7, 11) is 2.03. The summed E-state index contributed by atoms with van der Waals surface area (Å²) in [4.78, 5) is 3.38. The molecule has 0 amide bonds. The van der Waals surface area contributed by atoms with Gasteiger partial charge in [0, 0.05) is 28.6 Å². The highest BCUT2D eigenvalue weighted by atomic mass is 35.5. The van der Waals surface area contributed by atoms with Gasteiger partial charge in [-0.1, -0.05) is 35.3 Å². The molecule has 0 aliphatic heterocycles. The molecule has 1 aromatic carbocycles. The zero-order valence-electron chi connectivity index (χ0n) is 11.0. The average molecular weight is 328 g/mol. The first-order chi connectivity index (χ1) is 9.45. The van der Waals surface area contributed by atoms with Gasteiger partial charge in [-0.05, 0) is 30.8 Å². The number of nitrogen functional groups attached to an aromatic ring is 1. The number of nitrogens with two attached hydrogens (primary N) is 1. The quantitative estimate of drug-likeness (QED) is 0.644. The molecular formula is C14H15Cl2N3S. The van der Waals surface area contributed by atoms with Gasteiger partial charge in [-0.3, -0.25) is 10.3 Å². The Morgan fingerprint density at radius 3 is 2.55 bits per heavy atom. The summed E-state index contributed by atoms with van der Waals surface area (Å²) in [5, 5.41) is 8.03. The first-order valence-corrected chi connectivity index (χ1v) is 7.58. The Morgan fingerprint density at radius 1 is 1.25 bits per heavy atom. The van der Waals surface area contributed by atoms with E-state index < -0.39 is 0 Å². The third-order valence-electron chi connectivity index (χ3n) is 2.86. The van der Waals surface area contributed by atoms with Gasteiger partial charge in [-0.15, -0.1) is 11.3 Å². The van der Waals surface area contributed by atoms with Crippen LogP contribution in [0.4, 0.5) is 0 Å². The lowest BCUT2D eigenvalue weighted by molar-refractivity contribution is 0.322. The fourth-order valence-corrected chi connectivity index (χ4v) is 3.30. The number of nitrogens with zero attached hydrogens (tertiary/aromatic N) is 1. The van der Waals surface area contributed by atoms with Crippen LogP contribution in [0.1, 0.15) is 16.0 Å². The molecular weight excluding hydrogens is 313 g/mol. The molecule has 2 rings (SSSR count). The van der Waals surface area contributed by atoms with Crippen molar-refractivity contribution in [3.8, 4) is 0 Å². The molecule has 0 saturated carbocycles. The van der Waals surface area contributed by atoms with E-state index in [0.29, 0.717) is 10.6 Å². The smallest absolute Gasteiger partial charge is 0.122 e. The van der Waals surface area contributed by atoms with Gasteiger partial charge in [0.15, 0.2) is 0 Å². The topological polar surface area (TPSA) is 53.1 Å². The fraction of sp³-hybridized carbons (Fsp3) is 0.214. The van der Waals surface area contributed by atoms with Crippen molar-refractivity contribution in [2.24, 2.45) is 5.73 Å². The van der Waals surface area contributed by atoms with Crippen molar-refractivity contribution in [3.63, 3.8) is 0 Å². The highest BCUT2D eigenvalue weighted by Crippen LogP contribution is 2.24. The monoisotopic (exact) mass is 327 g/mol. The zero-order chi connectivity index (χ0) is 14.7. The van der Waals surface area contributed by atoms with E-state index in [1.807, 2.05) is 31.3 Å². The van der Waals surface area contributed by atoms with Crippen molar-refractivity contribution >= 4 is 40.4 Å². The molecule has 0 aliphatic rings. The number of halogens is 2. The molecule has 2 aromatic rings. The van der Waals surface area contributed by atoms with Crippen molar-refractivity contribution in [2.75, 3.05) is 7.05 Å². The van der Waals surface area contributed by atoms with Gasteiger partial charge in [0.1, 0.15) is 5.84 Å². The minimum absolute atomic E-state index is 0.0278. The maximum Gasteiger partial charge on any atom is 0.122 e. The number of rotatable bonds is 5. The van der Waals surface area contributed by atoms with Crippen LogP contribution in [0, 0.1) is 5.41 Å². The lowest BCUT2D eigenvalue weighted by Crippen LogP contribution is -2.17. The van der Waals surface area contributed by atoms with Gasteiger partial charge < -0.3 is 5.73 Å². The van der Waals surface area contributed by atoms with E-state index in [1.165, 1.54) is 4.88 Å². The van der Waals surface area contributed by atoms with Crippen LogP contribution >= 0.6 is 34.5 Å². The summed E-state index contributed by atoms with van der Waals surface area (Å²) in [6.07, 6.45) is 0. The van der Waals surface area contributed by atoms with Crippen LogP contribution < -0.4 is 5.73 Å². The highest BCUT2D eigenvalue weighted by molar-refractivity contribution is 7.16. The zero-order valence-corrected chi connectivity index (χ0v) is 13.3. The van der Waals surface area contributed by atoms with E-state index >= 15 is 0 Å². The Balaban J connectivity index is 2.04. The lowest BCUT2D eigenvalue weighted by Gasteiger charge is -2.17. The summed E-state index contributed by atoms with van der Waals surface area (Å²) < 4.78 is 0.803. The Labute approximate surface area is 132 Å². The van der Waals surface area contributed by atoms with E-state index in [2.05, 4.69) is 4.90 Å². The molecule has 0 spiro atoms. The lowest BCUT2D eigenvalue weighted by atomic mass is 10.1. The van der Waals surface area contributed by atoms with Crippen molar-refractivity contribution in [1.82, 2.24) is 4.90 Å². The molecule has 6 heteroatoms. The molecule has 1 heterocycles. The van der Waals surface area contributed by atoms with Crippen molar-refractivity contribution in [1.29, 1.82) is 5.41 Å². The number of thiophene rings is 1.